The standard InChI is InChI=1S/C21H18ClFN2O4S/c1-13-3-10-20(29-2)19(11-13)25-30(27,28)16-8-9-18(17(23)12-16)24-21(26)14-4-6-15(22)7-5-14/h3-12,25H,1-2H3,(H,24,26). The minimum absolute atomic E-state index is 0.151. The summed E-state index contributed by atoms with van der Waals surface area (Å²) in [5.41, 5.74) is 1.18. The summed E-state index contributed by atoms with van der Waals surface area (Å²) in [5.74, 6) is -1.11. The molecule has 0 saturated carbocycles. The van der Waals surface area contributed by atoms with Gasteiger partial charge in [-0.25, -0.2) is 12.8 Å². The molecule has 2 N–H and O–H groups in total. The number of methoxy groups -OCH3 is 1. The van der Waals surface area contributed by atoms with E-state index in [0.29, 0.717) is 10.8 Å². The number of nitrogens with one attached hydrogen (secondary N) is 2. The lowest BCUT2D eigenvalue weighted by molar-refractivity contribution is 0.102. The molecule has 0 heterocycles. The van der Waals surface area contributed by atoms with Crippen molar-refractivity contribution in [2.75, 3.05) is 17.1 Å². The van der Waals surface area contributed by atoms with E-state index >= 15 is 0 Å². The molecular formula is C21H18ClFN2O4S. The molecule has 9 heteroatoms. The summed E-state index contributed by atoms with van der Waals surface area (Å²) in [6, 6.07) is 14.3. The fourth-order valence-electron chi connectivity index (χ4n) is 2.67. The van der Waals surface area contributed by atoms with Crippen molar-refractivity contribution in [1.29, 1.82) is 0 Å². The van der Waals surface area contributed by atoms with Gasteiger partial charge in [-0.1, -0.05) is 17.7 Å². The minimum Gasteiger partial charge on any atom is -0.495 e. The highest BCUT2D eigenvalue weighted by Crippen LogP contribution is 2.28. The second-order valence-corrected chi connectivity index (χ2v) is 8.53. The fraction of sp³-hybridized carbons (Fsp3) is 0.0952. The molecule has 0 atom stereocenters. The largest absolute Gasteiger partial charge is 0.495 e. The third-order valence-corrected chi connectivity index (χ3v) is 5.82. The van der Waals surface area contributed by atoms with Gasteiger partial charge in [0.25, 0.3) is 15.9 Å². The second-order valence-electron chi connectivity index (χ2n) is 6.41. The lowest BCUT2D eigenvalue weighted by Gasteiger charge is -2.13. The minimum atomic E-state index is -4.08. The van der Waals surface area contributed by atoms with Crippen molar-refractivity contribution in [2.24, 2.45) is 0 Å². The van der Waals surface area contributed by atoms with Crippen molar-refractivity contribution >= 4 is 38.9 Å². The van der Waals surface area contributed by atoms with E-state index in [1.807, 2.05) is 0 Å². The van der Waals surface area contributed by atoms with Crippen molar-refractivity contribution < 1.29 is 22.3 Å². The third kappa shape index (κ3) is 4.90. The predicted octanol–water partition coefficient (Wildman–Crippen LogP) is 4.85. The van der Waals surface area contributed by atoms with Gasteiger partial charge in [0.05, 0.1) is 23.4 Å². The molecule has 0 aliphatic heterocycles. The summed E-state index contributed by atoms with van der Waals surface area (Å²) >= 11 is 5.79. The maximum Gasteiger partial charge on any atom is 0.262 e. The summed E-state index contributed by atoms with van der Waals surface area (Å²) < 4.78 is 47.4. The van der Waals surface area contributed by atoms with E-state index in [0.717, 1.165) is 11.6 Å². The summed E-state index contributed by atoms with van der Waals surface area (Å²) in [7, 11) is -2.67. The normalized spacial score (nSPS) is 11.1. The van der Waals surface area contributed by atoms with E-state index < -0.39 is 21.7 Å². The first kappa shape index (κ1) is 21.6. The number of ether oxygens (including phenoxy) is 1. The predicted molar refractivity (Wildman–Crippen MR) is 114 cm³/mol. The Labute approximate surface area is 178 Å². The number of amides is 1. The van der Waals surface area contributed by atoms with Crippen LogP contribution in [0.4, 0.5) is 15.8 Å². The van der Waals surface area contributed by atoms with Gasteiger partial charge in [-0.3, -0.25) is 9.52 Å². The lowest BCUT2D eigenvalue weighted by atomic mass is 10.2. The molecule has 0 unspecified atom stereocenters. The van der Waals surface area contributed by atoms with Gasteiger partial charge in [0.2, 0.25) is 0 Å². The lowest BCUT2D eigenvalue weighted by Crippen LogP contribution is -2.16. The second kappa shape index (κ2) is 8.73. The molecule has 0 saturated heterocycles. The molecule has 0 aromatic heterocycles. The SMILES string of the molecule is COc1ccc(C)cc1NS(=O)(=O)c1ccc(NC(=O)c2ccc(Cl)cc2)c(F)c1. The highest BCUT2D eigenvalue weighted by Gasteiger charge is 2.19. The highest BCUT2D eigenvalue weighted by molar-refractivity contribution is 7.92. The van der Waals surface area contributed by atoms with E-state index in [9.17, 15) is 17.6 Å². The van der Waals surface area contributed by atoms with Crippen LogP contribution in [0.3, 0.4) is 0 Å². The molecule has 0 spiro atoms. The first-order valence-electron chi connectivity index (χ1n) is 8.73. The first-order chi connectivity index (χ1) is 14.2. The number of carbonyl (C=O) groups is 1. The van der Waals surface area contributed by atoms with E-state index in [4.69, 9.17) is 16.3 Å². The van der Waals surface area contributed by atoms with Crippen molar-refractivity contribution in [2.45, 2.75) is 11.8 Å². The molecule has 3 aromatic rings. The molecule has 156 valence electrons. The topological polar surface area (TPSA) is 84.5 Å². The van der Waals surface area contributed by atoms with Crippen LogP contribution in [0.15, 0.2) is 65.6 Å². The zero-order chi connectivity index (χ0) is 21.9. The molecule has 0 radical (unpaired) electrons. The number of benzene rings is 3. The van der Waals surface area contributed by atoms with Crippen LogP contribution >= 0.6 is 11.6 Å². The average Bonchev–Trinajstić information content (AvgIpc) is 2.69. The molecule has 3 aromatic carbocycles. The molecule has 0 bridgehead atoms. The van der Waals surface area contributed by atoms with Crippen LogP contribution < -0.4 is 14.8 Å². The van der Waals surface area contributed by atoms with Gasteiger partial charge in [-0.05, 0) is 67.1 Å². The molecule has 0 aliphatic carbocycles. The van der Waals surface area contributed by atoms with Crippen LogP contribution in [0.5, 0.6) is 5.75 Å². The number of hydrogen-bond donors (Lipinski definition) is 2. The molecule has 30 heavy (non-hydrogen) atoms. The Hall–Kier alpha value is -3.10. The smallest absolute Gasteiger partial charge is 0.262 e. The van der Waals surface area contributed by atoms with Crippen molar-refractivity contribution in [3.05, 3.63) is 82.6 Å². The number of carbonyl (C=O) groups excluding carboxylic acids is 1. The summed E-state index contributed by atoms with van der Waals surface area (Å²) in [4.78, 5) is 11.9. The van der Waals surface area contributed by atoms with Gasteiger partial charge in [-0.15, -0.1) is 0 Å². The van der Waals surface area contributed by atoms with Crippen LogP contribution in [0, 0.1) is 12.7 Å². The van der Waals surface area contributed by atoms with E-state index in [1.54, 1.807) is 25.1 Å². The average molecular weight is 449 g/mol. The van der Waals surface area contributed by atoms with Crippen LogP contribution in [0.1, 0.15) is 15.9 Å². The van der Waals surface area contributed by atoms with Gasteiger partial charge in [0.15, 0.2) is 0 Å². The van der Waals surface area contributed by atoms with Crippen molar-refractivity contribution in [1.82, 2.24) is 0 Å². The Morgan fingerprint density at radius 3 is 2.33 bits per heavy atom. The molecule has 0 aliphatic rings. The van der Waals surface area contributed by atoms with Crippen molar-refractivity contribution in [3.8, 4) is 5.75 Å². The maximum absolute atomic E-state index is 14.5. The summed E-state index contributed by atoms with van der Waals surface area (Å²) in [5, 5.41) is 2.87. The van der Waals surface area contributed by atoms with Crippen LogP contribution in [0.25, 0.3) is 0 Å². The number of anilines is 2. The quantitative estimate of drug-likeness (QED) is 0.564. The van der Waals surface area contributed by atoms with E-state index in [2.05, 4.69) is 10.0 Å². The van der Waals surface area contributed by atoms with Gasteiger partial charge < -0.3 is 10.1 Å². The number of rotatable bonds is 6. The Bertz CT molecular complexity index is 1200. The summed E-state index contributed by atoms with van der Waals surface area (Å²) in [6.07, 6.45) is 0. The van der Waals surface area contributed by atoms with Crippen molar-refractivity contribution in [3.63, 3.8) is 0 Å². The zero-order valence-electron chi connectivity index (χ0n) is 16.1. The van der Waals surface area contributed by atoms with Gasteiger partial charge in [0.1, 0.15) is 11.6 Å². The van der Waals surface area contributed by atoms with Gasteiger partial charge in [0, 0.05) is 10.6 Å². The number of sulfonamides is 1. The number of halogens is 2. The van der Waals surface area contributed by atoms with Crippen LogP contribution in [-0.4, -0.2) is 21.4 Å². The summed E-state index contributed by atoms with van der Waals surface area (Å²) in [6.45, 7) is 1.80. The molecule has 6 nitrogen and oxygen atoms in total. The van der Waals surface area contributed by atoms with Gasteiger partial charge in [-0.2, -0.15) is 0 Å². The third-order valence-electron chi connectivity index (χ3n) is 4.20. The van der Waals surface area contributed by atoms with E-state index in [-0.39, 0.29) is 21.8 Å². The molecular weight excluding hydrogens is 431 g/mol. The molecule has 3 rings (SSSR count). The van der Waals surface area contributed by atoms with Gasteiger partial charge >= 0.3 is 0 Å². The highest BCUT2D eigenvalue weighted by atomic mass is 35.5. The Morgan fingerprint density at radius 2 is 1.70 bits per heavy atom. The number of hydrogen-bond acceptors (Lipinski definition) is 4. The number of aryl methyl sites for hydroxylation is 1. The van der Waals surface area contributed by atoms with E-state index in [1.165, 1.54) is 43.5 Å². The monoisotopic (exact) mass is 448 g/mol. The van der Waals surface area contributed by atoms with Crippen LogP contribution in [-0.2, 0) is 10.0 Å². The van der Waals surface area contributed by atoms with Crippen LogP contribution in [0.2, 0.25) is 5.02 Å². The first-order valence-corrected chi connectivity index (χ1v) is 10.6. The Kier molecular flexibility index (Phi) is 6.28. The maximum atomic E-state index is 14.5. The Balaban J connectivity index is 1.82. The molecule has 0 fully saturated rings. The fourth-order valence-corrected chi connectivity index (χ4v) is 3.86. The molecule has 1 amide bonds. The Morgan fingerprint density at radius 1 is 1.00 bits per heavy atom. The zero-order valence-corrected chi connectivity index (χ0v) is 17.6.